The third-order valence-corrected chi connectivity index (χ3v) is 6.57. The Balaban J connectivity index is 0.00000228. The van der Waals surface area contributed by atoms with Crippen LogP contribution >= 0.6 is 0 Å². The first-order valence-corrected chi connectivity index (χ1v) is 11.5. The predicted molar refractivity (Wildman–Crippen MR) is 137 cm³/mol. The predicted octanol–water partition coefficient (Wildman–Crippen LogP) is 6.58. The summed E-state index contributed by atoms with van der Waals surface area (Å²) in [4.78, 5) is 28.2. The number of carbonyl (C=O) groups is 2. The van der Waals surface area contributed by atoms with E-state index in [1.54, 1.807) is 19.1 Å². The zero-order chi connectivity index (χ0) is 24.4. The van der Waals surface area contributed by atoms with Crippen molar-refractivity contribution in [1.82, 2.24) is 4.90 Å². The molecule has 0 aromatic heterocycles. The standard InChI is InChI=1S/C29H29FN2O2.2H2/c1-18-10-14-24(15-11-18)31-21(4)28(20(3)22-8-6-5-7-9-22)32-27(33)17-25(29(32)34)23-13-12-19(2)26(30)16-23;;/h5-16,20,25,28,31H,4,17H2,1-3H3;2*1H/t20-,25?,28-;;/m0../s1. The molecule has 1 aliphatic rings. The van der Waals surface area contributed by atoms with E-state index in [-0.39, 0.29) is 32.8 Å². The molecule has 5 heteroatoms. The number of imide groups is 1. The maximum absolute atomic E-state index is 14.2. The highest BCUT2D eigenvalue weighted by molar-refractivity contribution is 6.07. The molecule has 1 unspecified atom stereocenters. The van der Waals surface area contributed by atoms with E-state index in [2.05, 4.69) is 11.9 Å². The first-order chi connectivity index (χ1) is 16.3. The Morgan fingerprint density at radius 1 is 1.06 bits per heavy atom. The molecule has 1 saturated heterocycles. The smallest absolute Gasteiger partial charge is 0.237 e. The van der Waals surface area contributed by atoms with E-state index in [0.717, 1.165) is 16.8 Å². The van der Waals surface area contributed by atoms with Gasteiger partial charge < -0.3 is 5.32 Å². The Morgan fingerprint density at radius 2 is 1.74 bits per heavy atom. The highest BCUT2D eigenvalue weighted by Gasteiger charge is 2.45. The van der Waals surface area contributed by atoms with Crippen molar-refractivity contribution in [2.24, 2.45) is 0 Å². The molecule has 1 N–H and O–H groups in total. The zero-order valence-electron chi connectivity index (χ0n) is 19.7. The number of nitrogens with one attached hydrogen (secondary N) is 1. The molecule has 34 heavy (non-hydrogen) atoms. The molecule has 0 bridgehead atoms. The van der Waals surface area contributed by atoms with Crippen molar-refractivity contribution in [1.29, 1.82) is 0 Å². The van der Waals surface area contributed by atoms with Gasteiger partial charge in [0.15, 0.2) is 0 Å². The van der Waals surface area contributed by atoms with Crippen LogP contribution in [0, 0.1) is 19.7 Å². The van der Waals surface area contributed by atoms with Gasteiger partial charge in [-0.3, -0.25) is 14.5 Å². The summed E-state index contributed by atoms with van der Waals surface area (Å²) >= 11 is 0. The van der Waals surface area contributed by atoms with Crippen molar-refractivity contribution >= 4 is 17.5 Å². The normalized spacial score (nSPS) is 17.5. The fourth-order valence-corrected chi connectivity index (χ4v) is 4.55. The number of benzene rings is 3. The first kappa shape index (κ1) is 23.4. The van der Waals surface area contributed by atoms with Crippen LogP contribution in [0.1, 0.15) is 50.3 Å². The number of amides is 2. The van der Waals surface area contributed by atoms with Crippen LogP contribution in [0.5, 0.6) is 0 Å². The summed E-state index contributed by atoms with van der Waals surface area (Å²) in [6, 6.07) is 21.7. The second-order valence-corrected chi connectivity index (χ2v) is 9.03. The Labute approximate surface area is 203 Å². The van der Waals surface area contributed by atoms with Gasteiger partial charge in [-0.05, 0) is 48.7 Å². The van der Waals surface area contributed by atoms with Gasteiger partial charge in [-0.15, -0.1) is 0 Å². The molecule has 4 nitrogen and oxygen atoms in total. The summed E-state index contributed by atoms with van der Waals surface area (Å²) in [5, 5.41) is 3.31. The van der Waals surface area contributed by atoms with Crippen LogP contribution in [0.15, 0.2) is 85.1 Å². The topological polar surface area (TPSA) is 49.4 Å². The summed E-state index contributed by atoms with van der Waals surface area (Å²) < 4.78 is 14.2. The molecule has 3 aromatic carbocycles. The highest BCUT2D eigenvalue weighted by atomic mass is 19.1. The third-order valence-electron chi connectivity index (χ3n) is 6.57. The van der Waals surface area contributed by atoms with Crippen LogP contribution in [0.25, 0.3) is 0 Å². The summed E-state index contributed by atoms with van der Waals surface area (Å²) in [6.45, 7) is 9.91. The van der Waals surface area contributed by atoms with E-state index < -0.39 is 12.0 Å². The minimum Gasteiger partial charge on any atom is -0.358 e. The maximum Gasteiger partial charge on any atom is 0.237 e. The fourth-order valence-electron chi connectivity index (χ4n) is 4.55. The molecule has 4 rings (SSSR count). The van der Waals surface area contributed by atoms with Crippen molar-refractivity contribution < 1.29 is 16.8 Å². The lowest BCUT2D eigenvalue weighted by molar-refractivity contribution is -0.141. The van der Waals surface area contributed by atoms with E-state index in [1.807, 2.05) is 68.4 Å². The molecule has 0 aliphatic carbocycles. The lowest BCUT2D eigenvalue weighted by Gasteiger charge is -2.34. The summed E-state index contributed by atoms with van der Waals surface area (Å²) in [7, 11) is 0. The van der Waals surface area contributed by atoms with E-state index in [9.17, 15) is 14.0 Å². The minimum absolute atomic E-state index is 0. The number of rotatable bonds is 7. The lowest BCUT2D eigenvalue weighted by Crippen LogP contribution is -2.45. The Morgan fingerprint density at radius 3 is 2.38 bits per heavy atom. The van der Waals surface area contributed by atoms with E-state index in [0.29, 0.717) is 16.8 Å². The van der Waals surface area contributed by atoms with Gasteiger partial charge in [-0.25, -0.2) is 4.39 Å². The molecule has 178 valence electrons. The van der Waals surface area contributed by atoms with Crippen molar-refractivity contribution in [3.63, 3.8) is 0 Å². The zero-order valence-corrected chi connectivity index (χ0v) is 19.7. The Hall–Kier alpha value is -3.73. The van der Waals surface area contributed by atoms with Gasteiger partial charge in [0.25, 0.3) is 0 Å². The maximum atomic E-state index is 14.2. The number of aryl methyl sites for hydroxylation is 2. The van der Waals surface area contributed by atoms with Gasteiger partial charge in [0.1, 0.15) is 5.82 Å². The summed E-state index contributed by atoms with van der Waals surface area (Å²) in [6.07, 6.45) is 0.0111. The first-order valence-electron chi connectivity index (χ1n) is 11.5. The minimum atomic E-state index is -0.708. The van der Waals surface area contributed by atoms with Crippen LogP contribution < -0.4 is 5.32 Å². The largest absolute Gasteiger partial charge is 0.358 e. The molecule has 1 fully saturated rings. The van der Waals surface area contributed by atoms with Crippen LogP contribution in [-0.2, 0) is 9.59 Å². The molecule has 0 radical (unpaired) electrons. The number of halogens is 1. The van der Waals surface area contributed by atoms with Gasteiger partial charge >= 0.3 is 0 Å². The molecule has 3 atom stereocenters. The molecule has 2 amide bonds. The van der Waals surface area contributed by atoms with Gasteiger partial charge in [0.05, 0.1) is 12.0 Å². The van der Waals surface area contributed by atoms with Gasteiger partial charge in [0, 0.05) is 26.6 Å². The molecule has 1 aliphatic heterocycles. The van der Waals surface area contributed by atoms with Crippen molar-refractivity contribution in [3.8, 4) is 0 Å². The van der Waals surface area contributed by atoms with E-state index in [1.165, 1.54) is 11.0 Å². The van der Waals surface area contributed by atoms with Crippen molar-refractivity contribution in [2.45, 2.75) is 45.1 Å². The summed E-state index contributed by atoms with van der Waals surface area (Å²) in [5.74, 6) is -1.90. The monoisotopic (exact) mass is 460 g/mol. The van der Waals surface area contributed by atoms with E-state index in [4.69, 9.17) is 0 Å². The number of likely N-dealkylation sites (tertiary alicyclic amines) is 1. The molecule has 3 aromatic rings. The molecule has 0 spiro atoms. The fraction of sp³-hybridized carbons (Fsp3) is 0.241. The molecular formula is C29H33FN2O2. The Kier molecular flexibility index (Phi) is 6.64. The van der Waals surface area contributed by atoms with Crippen molar-refractivity contribution in [2.75, 3.05) is 5.32 Å². The second kappa shape index (κ2) is 9.64. The lowest BCUT2D eigenvalue weighted by atomic mass is 9.90. The number of anilines is 1. The third kappa shape index (κ3) is 4.65. The van der Waals surface area contributed by atoms with Crippen molar-refractivity contribution in [3.05, 3.63) is 113 Å². The van der Waals surface area contributed by atoms with E-state index >= 15 is 0 Å². The highest BCUT2D eigenvalue weighted by Crippen LogP contribution is 2.37. The molecule has 1 heterocycles. The van der Waals surface area contributed by atoms with Crippen LogP contribution in [0.4, 0.5) is 10.1 Å². The number of hydrogen-bond acceptors (Lipinski definition) is 3. The summed E-state index contributed by atoms with van der Waals surface area (Å²) in [5.41, 5.74) is 4.53. The number of carbonyl (C=O) groups excluding carboxylic acids is 2. The number of hydrogen-bond donors (Lipinski definition) is 1. The molecular weight excluding hydrogens is 427 g/mol. The molecule has 0 saturated carbocycles. The number of nitrogens with zero attached hydrogens (tertiary/aromatic N) is 1. The van der Waals surface area contributed by atoms with Crippen LogP contribution in [-0.4, -0.2) is 22.8 Å². The van der Waals surface area contributed by atoms with Gasteiger partial charge in [-0.2, -0.15) is 0 Å². The Bertz CT molecular complexity index is 1230. The van der Waals surface area contributed by atoms with Crippen LogP contribution in [0.2, 0.25) is 0 Å². The SMILES string of the molecule is C=C(Nc1ccc(C)cc1)[C@H]([C@@H](C)c1ccccc1)N1C(=O)CC(c2ccc(C)c(F)c2)C1=O.[HH].[HH]. The second-order valence-electron chi connectivity index (χ2n) is 9.03. The van der Waals surface area contributed by atoms with Gasteiger partial charge in [0.2, 0.25) is 11.8 Å². The average molecular weight is 461 g/mol. The average Bonchev–Trinajstić information content (AvgIpc) is 3.12. The quantitative estimate of drug-likeness (QED) is 0.406. The van der Waals surface area contributed by atoms with Crippen LogP contribution in [0.3, 0.4) is 0 Å². The van der Waals surface area contributed by atoms with Gasteiger partial charge in [-0.1, -0.05) is 73.7 Å².